The fourth-order valence-corrected chi connectivity index (χ4v) is 1.48. The van der Waals surface area contributed by atoms with Crippen LogP contribution in [0.25, 0.3) is 0 Å². The van der Waals surface area contributed by atoms with Crippen molar-refractivity contribution in [2.75, 3.05) is 14.2 Å². The number of ether oxygens (including phenoxy) is 2. The number of hydrogen-bond acceptors (Lipinski definition) is 6. The summed E-state index contributed by atoms with van der Waals surface area (Å²) in [5.74, 6) is -1.34. The maximum absolute atomic E-state index is 13.0. The van der Waals surface area contributed by atoms with Crippen molar-refractivity contribution in [1.82, 2.24) is 4.98 Å². The summed E-state index contributed by atoms with van der Waals surface area (Å²) in [6.45, 7) is 0. The Balaban J connectivity index is 3.48. The Bertz CT molecular complexity index is 507. The molecule has 0 aromatic carbocycles. The van der Waals surface area contributed by atoms with E-state index in [1.165, 1.54) is 0 Å². The molecule has 1 aromatic heterocycles. The van der Waals surface area contributed by atoms with E-state index >= 15 is 0 Å². The molecule has 104 valence electrons. The Kier molecular flexibility index (Phi) is 4.67. The van der Waals surface area contributed by atoms with E-state index in [4.69, 9.17) is 0 Å². The zero-order chi connectivity index (χ0) is 14.6. The van der Waals surface area contributed by atoms with E-state index in [1.54, 1.807) is 0 Å². The van der Waals surface area contributed by atoms with Crippen LogP contribution in [0.5, 0.6) is 5.88 Å². The molecule has 0 aliphatic carbocycles. The number of nitrogens with zero attached hydrogens (tertiary/aromatic N) is 2. The standard InChI is InChI=1S/C10H10F2N2O5/c1-18-7(15)3-5-6(14(16)17)4-13-10(19-2)8(5)9(11)12/h4,9H,3H2,1-2H3. The quantitative estimate of drug-likeness (QED) is 0.461. The summed E-state index contributed by atoms with van der Waals surface area (Å²) in [6.07, 6.45) is -2.96. The van der Waals surface area contributed by atoms with Crippen LogP contribution >= 0.6 is 0 Å². The summed E-state index contributed by atoms with van der Waals surface area (Å²) in [5.41, 5.74) is -1.91. The largest absolute Gasteiger partial charge is 0.481 e. The van der Waals surface area contributed by atoms with Gasteiger partial charge in [-0.15, -0.1) is 0 Å². The second kappa shape index (κ2) is 6.03. The first-order valence-corrected chi connectivity index (χ1v) is 4.97. The van der Waals surface area contributed by atoms with E-state index in [0.717, 1.165) is 20.4 Å². The highest BCUT2D eigenvalue weighted by Gasteiger charge is 2.29. The molecule has 0 N–H and O–H groups in total. The van der Waals surface area contributed by atoms with Gasteiger partial charge >= 0.3 is 5.97 Å². The number of pyridine rings is 1. The molecule has 0 atom stereocenters. The van der Waals surface area contributed by atoms with Gasteiger partial charge in [0, 0.05) is 0 Å². The first kappa shape index (κ1) is 14.7. The molecule has 1 heterocycles. The number of carbonyl (C=O) groups is 1. The molecule has 0 unspecified atom stereocenters. The van der Waals surface area contributed by atoms with Crippen molar-refractivity contribution in [2.24, 2.45) is 0 Å². The first-order valence-electron chi connectivity index (χ1n) is 4.97. The second-order valence-electron chi connectivity index (χ2n) is 3.36. The summed E-state index contributed by atoms with van der Waals surface area (Å²) in [5, 5.41) is 10.8. The lowest BCUT2D eigenvalue weighted by atomic mass is 10.0. The van der Waals surface area contributed by atoms with Crippen LogP contribution in [0.4, 0.5) is 14.5 Å². The number of esters is 1. The number of aromatic nitrogens is 1. The second-order valence-corrected chi connectivity index (χ2v) is 3.36. The molecule has 1 rings (SSSR count). The molecular weight excluding hydrogens is 266 g/mol. The van der Waals surface area contributed by atoms with Gasteiger partial charge in [0.05, 0.1) is 36.7 Å². The van der Waals surface area contributed by atoms with Crippen molar-refractivity contribution < 1.29 is 28.0 Å². The lowest BCUT2D eigenvalue weighted by molar-refractivity contribution is -0.386. The molecule has 9 heteroatoms. The van der Waals surface area contributed by atoms with Gasteiger partial charge in [-0.2, -0.15) is 0 Å². The molecular formula is C10H10F2N2O5. The van der Waals surface area contributed by atoms with Gasteiger partial charge < -0.3 is 9.47 Å². The van der Waals surface area contributed by atoms with Crippen LogP contribution in [0.15, 0.2) is 6.20 Å². The number of methoxy groups -OCH3 is 2. The maximum atomic E-state index is 13.0. The SMILES string of the molecule is COC(=O)Cc1c([N+](=O)[O-])cnc(OC)c1C(F)F. The van der Waals surface area contributed by atoms with Gasteiger partial charge in [0.1, 0.15) is 6.20 Å². The Morgan fingerprint density at radius 1 is 1.53 bits per heavy atom. The highest BCUT2D eigenvalue weighted by molar-refractivity contribution is 5.75. The van der Waals surface area contributed by atoms with E-state index in [2.05, 4.69) is 14.5 Å². The third-order valence-electron chi connectivity index (χ3n) is 2.33. The predicted octanol–water partition coefficient (Wildman–Crippen LogP) is 1.65. The Morgan fingerprint density at radius 2 is 2.16 bits per heavy atom. The lowest BCUT2D eigenvalue weighted by Crippen LogP contribution is -2.12. The topological polar surface area (TPSA) is 91.6 Å². The highest BCUT2D eigenvalue weighted by atomic mass is 19.3. The Morgan fingerprint density at radius 3 is 2.58 bits per heavy atom. The summed E-state index contributed by atoms with van der Waals surface area (Å²) in [4.78, 5) is 24.5. The lowest BCUT2D eigenvalue weighted by Gasteiger charge is -2.11. The summed E-state index contributed by atoms with van der Waals surface area (Å²) in [6, 6.07) is 0. The van der Waals surface area contributed by atoms with Crippen molar-refractivity contribution in [3.8, 4) is 5.88 Å². The molecule has 0 bridgehead atoms. The van der Waals surface area contributed by atoms with Crippen LogP contribution in [0.2, 0.25) is 0 Å². The number of hydrogen-bond donors (Lipinski definition) is 0. The molecule has 0 saturated carbocycles. The van der Waals surface area contributed by atoms with Crippen molar-refractivity contribution in [2.45, 2.75) is 12.8 Å². The minimum atomic E-state index is -3.07. The molecule has 0 aliphatic heterocycles. The fraction of sp³-hybridized carbons (Fsp3) is 0.400. The minimum Gasteiger partial charge on any atom is -0.481 e. The predicted molar refractivity (Wildman–Crippen MR) is 58.1 cm³/mol. The van der Waals surface area contributed by atoms with Gasteiger partial charge in [0.2, 0.25) is 5.88 Å². The van der Waals surface area contributed by atoms with Gasteiger partial charge in [0.15, 0.2) is 0 Å². The highest BCUT2D eigenvalue weighted by Crippen LogP contribution is 2.35. The molecule has 0 spiro atoms. The van der Waals surface area contributed by atoms with Crippen LogP contribution in [0, 0.1) is 10.1 Å². The van der Waals surface area contributed by atoms with Gasteiger partial charge in [-0.25, -0.2) is 13.8 Å². The first-order chi connectivity index (χ1) is 8.92. The monoisotopic (exact) mass is 276 g/mol. The zero-order valence-electron chi connectivity index (χ0n) is 10.1. The number of nitro groups is 1. The zero-order valence-corrected chi connectivity index (χ0v) is 10.1. The summed E-state index contributed by atoms with van der Waals surface area (Å²) >= 11 is 0. The third-order valence-corrected chi connectivity index (χ3v) is 2.33. The molecule has 0 aliphatic rings. The number of rotatable bonds is 5. The Hall–Kier alpha value is -2.32. The van der Waals surface area contributed by atoms with Gasteiger partial charge in [0.25, 0.3) is 12.1 Å². The van der Waals surface area contributed by atoms with Gasteiger partial charge in [-0.05, 0) is 0 Å². The number of halogens is 2. The summed E-state index contributed by atoms with van der Waals surface area (Å²) < 4.78 is 34.9. The van der Waals surface area contributed by atoms with Crippen LogP contribution in [-0.2, 0) is 16.0 Å². The molecule has 1 aromatic rings. The average Bonchev–Trinajstić information content (AvgIpc) is 2.36. The smallest absolute Gasteiger partial charge is 0.310 e. The van der Waals surface area contributed by atoms with Crippen molar-refractivity contribution >= 4 is 11.7 Å². The van der Waals surface area contributed by atoms with E-state index < -0.39 is 46.4 Å². The number of alkyl halides is 2. The molecule has 0 fully saturated rings. The van der Waals surface area contributed by atoms with Crippen molar-refractivity contribution in [1.29, 1.82) is 0 Å². The van der Waals surface area contributed by atoms with E-state index in [-0.39, 0.29) is 0 Å². The Labute approximate surface area is 106 Å². The molecule has 0 saturated heterocycles. The third kappa shape index (κ3) is 3.12. The van der Waals surface area contributed by atoms with E-state index in [1.807, 2.05) is 0 Å². The summed E-state index contributed by atoms with van der Waals surface area (Å²) in [7, 11) is 2.15. The van der Waals surface area contributed by atoms with Crippen LogP contribution in [0.3, 0.4) is 0 Å². The molecule has 19 heavy (non-hydrogen) atoms. The number of carbonyl (C=O) groups excluding carboxylic acids is 1. The van der Waals surface area contributed by atoms with Crippen LogP contribution in [-0.4, -0.2) is 30.1 Å². The fourth-order valence-electron chi connectivity index (χ4n) is 1.48. The minimum absolute atomic E-state index is 0.459. The van der Waals surface area contributed by atoms with Crippen molar-refractivity contribution in [3.05, 3.63) is 27.4 Å². The normalized spacial score (nSPS) is 10.4. The van der Waals surface area contributed by atoms with E-state index in [9.17, 15) is 23.7 Å². The molecule has 0 amide bonds. The van der Waals surface area contributed by atoms with E-state index in [0.29, 0.717) is 0 Å². The van der Waals surface area contributed by atoms with Crippen molar-refractivity contribution in [3.63, 3.8) is 0 Å². The van der Waals surface area contributed by atoms with Crippen LogP contribution in [0.1, 0.15) is 17.6 Å². The average molecular weight is 276 g/mol. The van der Waals surface area contributed by atoms with Gasteiger partial charge in [-0.3, -0.25) is 14.9 Å². The van der Waals surface area contributed by atoms with Gasteiger partial charge in [-0.1, -0.05) is 0 Å². The maximum Gasteiger partial charge on any atom is 0.310 e. The molecule has 0 radical (unpaired) electrons. The molecule has 7 nitrogen and oxygen atoms in total. The van der Waals surface area contributed by atoms with Crippen LogP contribution < -0.4 is 4.74 Å².